The number of rotatable bonds is 8. The van der Waals surface area contributed by atoms with Crippen LogP contribution in [0.2, 0.25) is 0 Å². The van der Waals surface area contributed by atoms with Crippen LogP contribution in [0.1, 0.15) is 26.7 Å². The highest BCUT2D eigenvalue weighted by molar-refractivity contribution is 7.98. The molecule has 1 N–H and O–H groups in total. The second-order valence-electron chi connectivity index (χ2n) is 3.33. The van der Waals surface area contributed by atoms with Crippen molar-refractivity contribution in [2.75, 3.05) is 12.0 Å². The summed E-state index contributed by atoms with van der Waals surface area (Å²) in [5.41, 5.74) is 0. The molecule has 0 rings (SSSR count). The number of ketones is 1. The van der Waals surface area contributed by atoms with Gasteiger partial charge in [0.1, 0.15) is 0 Å². The van der Waals surface area contributed by atoms with Crippen LogP contribution in [0.4, 0.5) is 0 Å². The molecule has 0 aromatic carbocycles. The molecule has 3 nitrogen and oxygen atoms in total. The fourth-order valence-electron chi connectivity index (χ4n) is 1.17. The molecule has 0 saturated carbocycles. The molecule has 0 bridgehead atoms. The first-order valence-electron chi connectivity index (χ1n) is 4.89. The predicted molar refractivity (Wildman–Crippen MR) is 60.4 cm³/mol. The monoisotopic (exact) mass is 217 g/mol. The molecular weight excluding hydrogens is 198 g/mol. The number of hydrogen-bond donors (Lipinski definition) is 1. The number of Topliss-reactive ketones (excluding diaryl/α,β-unsaturated/α-hetero) is 1. The summed E-state index contributed by atoms with van der Waals surface area (Å²) in [6.45, 7) is 3.88. The third-order valence-electron chi connectivity index (χ3n) is 2.32. The number of hydrogen-bond acceptors (Lipinski definition) is 3. The molecule has 0 aliphatic rings. The van der Waals surface area contributed by atoms with E-state index < -0.39 is 0 Å². The lowest BCUT2D eigenvalue weighted by Crippen LogP contribution is -2.39. The summed E-state index contributed by atoms with van der Waals surface area (Å²) >= 11 is 1.68. The van der Waals surface area contributed by atoms with Crippen LogP contribution in [-0.2, 0) is 9.59 Å². The summed E-state index contributed by atoms with van der Waals surface area (Å²) < 4.78 is 0. The van der Waals surface area contributed by atoms with Crippen LogP contribution in [0, 0.1) is 5.92 Å². The Morgan fingerprint density at radius 3 is 2.64 bits per heavy atom. The second kappa shape index (κ2) is 7.85. The average molecular weight is 217 g/mol. The molecule has 0 radical (unpaired) electrons. The zero-order valence-corrected chi connectivity index (χ0v) is 9.89. The first-order chi connectivity index (χ1) is 6.67. The lowest BCUT2D eigenvalue weighted by molar-refractivity contribution is -0.126. The average Bonchev–Trinajstić information content (AvgIpc) is 2.22. The Labute approximate surface area is 90.0 Å². The molecule has 0 aromatic heterocycles. The zero-order chi connectivity index (χ0) is 11.0. The van der Waals surface area contributed by atoms with E-state index in [0.29, 0.717) is 6.41 Å². The van der Waals surface area contributed by atoms with Crippen LogP contribution in [0.5, 0.6) is 0 Å². The first kappa shape index (κ1) is 13.5. The molecule has 0 aliphatic heterocycles. The van der Waals surface area contributed by atoms with Crippen LogP contribution in [0.25, 0.3) is 0 Å². The molecule has 0 spiro atoms. The Hall–Kier alpha value is -0.510. The lowest BCUT2D eigenvalue weighted by Gasteiger charge is -2.17. The maximum Gasteiger partial charge on any atom is 0.207 e. The normalized spacial score (nSPS) is 14.5. The lowest BCUT2D eigenvalue weighted by atomic mass is 9.96. The topological polar surface area (TPSA) is 46.2 Å². The molecule has 2 unspecified atom stereocenters. The predicted octanol–water partition coefficient (Wildman–Crippen LogP) is 1.47. The Morgan fingerprint density at radius 2 is 2.21 bits per heavy atom. The van der Waals surface area contributed by atoms with Crippen molar-refractivity contribution < 1.29 is 9.59 Å². The third kappa shape index (κ3) is 4.65. The molecule has 1 amide bonds. The van der Waals surface area contributed by atoms with E-state index in [-0.39, 0.29) is 17.7 Å². The minimum absolute atomic E-state index is 0.0364. The van der Waals surface area contributed by atoms with E-state index in [2.05, 4.69) is 5.32 Å². The van der Waals surface area contributed by atoms with E-state index in [1.54, 1.807) is 11.8 Å². The van der Waals surface area contributed by atoms with E-state index in [1.165, 1.54) is 0 Å². The molecule has 82 valence electrons. The summed E-state index contributed by atoms with van der Waals surface area (Å²) in [7, 11) is 0. The van der Waals surface area contributed by atoms with Gasteiger partial charge in [-0.1, -0.05) is 13.8 Å². The third-order valence-corrected chi connectivity index (χ3v) is 2.97. The maximum absolute atomic E-state index is 11.7. The standard InChI is InChI=1S/C10H19NO2S/c1-4-8(2)10(13)9(11-7-12)5-6-14-3/h7-9H,4-6H2,1-3H3,(H,11,12). The Balaban J connectivity index is 4.16. The van der Waals surface area contributed by atoms with Crippen LogP contribution in [-0.4, -0.2) is 30.2 Å². The van der Waals surface area contributed by atoms with Gasteiger partial charge in [0.2, 0.25) is 6.41 Å². The first-order valence-corrected chi connectivity index (χ1v) is 6.29. The highest BCUT2D eigenvalue weighted by Gasteiger charge is 2.21. The largest absolute Gasteiger partial charge is 0.349 e. The fourth-order valence-corrected chi connectivity index (χ4v) is 1.64. The van der Waals surface area contributed by atoms with Gasteiger partial charge in [0.05, 0.1) is 6.04 Å². The number of carbonyl (C=O) groups is 2. The summed E-state index contributed by atoms with van der Waals surface area (Å²) in [4.78, 5) is 22.1. The smallest absolute Gasteiger partial charge is 0.207 e. The molecule has 4 heteroatoms. The van der Waals surface area contributed by atoms with Crippen molar-refractivity contribution >= 4 is 24.0 Å². The van der Waals surface area contributed by atoms with Gasteiger partial charge >= 0.3 is 0 Å². The van der Waals surface area contributed by atoms with Gasteiger partial charge < -0.3 is 5.32 Å². The van der Waals surface area contributed by atoms with Crippen LogP contribution >= 0.6 is 11.8 Å². The molecule has 14 heavy (non-hydrogen) atoms. The van der Waals surface area contributed by atoms with Gasteiger partial charge in [-0.15, -0.1) is 0 Å². The number of amides is 1. The number of thioether (sulfide) groups is 1. The molecule has 2 atom stereocenters. The van der Waals surface area contributed by atoms with Crippen molar-refractivity contribution in [2.24, 2.45) is 5.92 Å². The van der Waals surface area contributed by atoms with E-state index in [4.69, 9.17) is 0 Å². The van der Waals surface area contributed by atoms with Crippen LogP contribution in [0.15, 0.2) is 0 Å². The highest BCUT2D eigenvalue weighted by Crippen LogP contribution is 2.09. The summed E-state index contributed by atoms with van der Waals surface area (Å²) in [6, 6.07) is -0.296. The molecule has 0 fully saturated rings. The van der Waals surface area contributed by atoms with Gasteiger partial charge in [-0.3, -0.25) is 9.59 Å². The highest BCUT2D eigenvalue weighted by atomic mass is 32.2. The number of carbonyl (C=O) groups excluding carboxylic acids is 2. The SMILES string of the molecule is CCC(C)C(=O)C(CCSC)NC=O. The van der Waals surface area contributed by atoms with Crippen LogP contribution in [0.3, 0.4) is 0 Å². The molecule has 0 aromatic rings. The van der Waals surface area contributed by atoms with E-state index in [1.807, 2.05) is 20.1 Å². The van der Waals surface area contributed by atoms with Crippen molar-refractivity contribution in [3.63, 3.8) is 0 Å². The molecule has 0 heterocycles. The van der Waals surface area contributed by atoms with Crippen molar-refractivity contribution in [2.45, 2.75) is 32.7 Å². The molecular formula is C10H19NO2S. The van der Waals surface area contributed by atoms with E-state index >= 15 is 0 Å². The summed E-state index contributed by atoms with van der Waals surface area (Å²) in [5.74, 6) is 1.08. The summed E-state index contributed by atoms with van der Waals surface area (Å²) in [5, 5.41) is 2.59. The fraction of sp³-hybridized carbons (Fsp3) is 0.800. The Kier molecular flexibility index (Phi) is 7.57. The Morgan fingerprint density at radius 1 is 1.57 bits per heavy atom. The van der Waals surface area contributed by atoms with Crippen molar-refractivity contribution in [3.8, 4) is 0 Å². The molecule has 0 aliphatic carbocycles. The molecule has 0 saturated heterocycles. The quantitative estimate of drug-likeness (QED) is 0.626. The van der Waals surface area contributed by atoms with Crippen molar-refractivity contribution in [1.29, 1.82) is 0 Å². The van der Waals surface area contributed by atoms with Crippen molar-refractivity contribution in [1.82, 2.24) is 5.32 Å². The van der Waals surface area contributed by atoms with E-state index in [0.717, 1.165) is 18.6 Å². The second-order valence-corrected chi connectivity index (χ2v) is 4.32. The van der Waals surface area contributed by atoms with Gasteiger partial charge in [0.15, 0.2) is 5.78 Å². The van der Waals surface area contributed by atoms with Gasteiger partial charge in [0.25, 0.3) is 0 Å². The van der Waals surface area contributed by atoms with Crippen LogP contribution < -0.4 is 5.32 Å². The van der Waals surface area contributed by atoms with Gasteiger partial charge in [-0.25, -0.2) is 0 Å². The minimum Gasteiger partial charge on any atom is -0.349 e. The minimum atomic E-state index is -0.296. The zero-order valence-electron chi connectivity index (χ0n) is 9.08. The van der Waals surface area contributed by atoms with Gasteiger partial charge in [0, 0.05) is 5.92 Å². The van der Waals surface area contributed by atoms with E-state index in [9.17, 15) is 9.59 Å². The number of nitrogens with one attached hydrogen (secondary N) is 1. The Bertz CT molecular complexity index is 185. The maximum atomic E-state index is 11.7. The van der Waals surface area contributed by atoms with Gasteiger partial charge in [-0.2, -0.15) is 11.8 Å². The summed E-state index contributed by atoms with van der Waals surface area (Å²) in [6.07, 6.45) is 4.16. The van der Waals surface area contributed by atoms with Crippen molar-refractivity contribution in [3.05, 3.63) is 0 Å². The van der Waals surface area contributed by atoms with Gasteiger partial charge in [-0.05, 0) is 24.9 Å².